The van der Waals surface area contributed by atoms with Crippen molar-refractivity contribution in [3.8, 4) is 0 Å². The average molecular weight is 297 g/mol. The van der Waals surface area contributed by atoms with Crippen LogP contribution in [0.5, 0.6) is 0 Å². The van der Waals surface area contributed by atoms with Crippen LogP contribution in [0.25, 0.3) is 0 Å². The summed E-state index contributed by atoms with van der Waals surface area (Å²) < 4.78 is 0.281. The lowest BCUT2D eigenvalue weighted by Gasteiger charge is -2.15. The van der Waals surface area contributed by atoms with Gasteiger partial charge in [0.25, 0.3) is 0 Å². The first-order valence-electron chi connectivity index (χ1n) is 4.85. The zero-order chi connectivity index (χ0) is 10.4. The van der Waals surface area contributed by atoms with Crippen molar-refractivity contribution in [1.82, 2.24) is 5.32 Å². The van der Waals surface area contributed by atoms with Gasteiger partial charge in [0, 0.05) is 6.42 Å². The van der Waals surface area contributed by atoms with Crippen LogP contribution in [0.1, 0.15) is 40.5 Å². The molecule has 0 fully saturated rings. The van der Waals surface area contributed by atoms with Crippen molar-refractivity contribution in [1.29, 1.82) is 0 Å². The van der Waals surface area contributed by atoms with Crippen LogP contribution in [0.2, 0.25) is 0 Å². The van der Waals surface area contributed by atoms with E-state index in [2.05, 4.69) is 55.6 Å². The highest BCUT2D eigenvalue weighted by Crippen LogP contribution is 2.11. The van der Waals surface area contributed by atoms with Crippen molar-refractivity contribution < 1.29 is 4.79 Å². The van der Waals surface area contributed by atoms with Crippen LogP contribution in [0.3, 0.4) is 0 Å². The normalized spacial score (nSPS) is 13.5. The molecule has 78 valence electrons. The molecule has 0 aromatic heterocycles. The highest BCUT2D eigenvalue weighted by Gasteiger charge is 2.11. The summed E-state index contributed by atoms with van der Waals surface area (Å²) in [4.78, 5) is 11.3. The van der Waals surface area contributed by atoms with Gasteiger partial charge in [-0.25, -0.2) is 0 Å². The van der Waals surface area contributed by atoms with E-state index in [0.717, 1.165) is 6.42 Å². The first-order chi connectivity index (χ1) is 5.91. The van der Waals surface area contributed by atoms with E-state index >= 15 is 0 Å². The molecule has 3 heteroatoms. The Balaban J connectivity index is 3.65. The van der Waals surface area contributed by atoms with Gasteiger partial charge in [0.15, 0.2) is 0 Å². The Bertz CT molecular complexity index is 157. The monoisotopic (exact) mass is 297 g/mol. The number of hydrogen-bond donors (Lipinski definition) is 1. The Morgan fingerprint density at radius 3 is 2.15 bits per heavy atom. The van der Waals surface area contributed by atoms with Crippen molar-refractivity contribution in [2.75, 3.05) is 0 Å². The van der Waals surface area contributed by atoms with Gasteiger partial charge in [-0.1, -0.05) is 50.3 Å². The summed E-state index contributed by atoms with van der Waals surface area (Å²) in [7, 11) is 0. The Morgan fingerprint density at radius 1 is 1.23 bits per heavy atom. The van der Waals surface area contributed by atoms with E-state index in [1.54, 1.807) is 0 Å². The third-order valence-corrected chi connectivity index (χ3v) is 2.41. The van der Waals surface area contributed by atoms with Crippen molar-refractivity contribution >= 4 is 28.5 Å². The molecule has 1 atom stereocenters. The molecule has 0 aliphatic rings. The summed E-state index contributed by atoms with van der Waals surface area (Å²) in [5, 5.41) is 2.99. The number of nitrogens with one attached hydrogen (secondary N) is 1. The van der Waals surface area contributed by atoms with Gasteiger partial charge in [0.2, 0.25) is 5.91 Å². The SMILES string of the molecule is CC(C)CC(=O)N[C@H](I)CC(C)C. The van der Waals surface area contributed by atoms with Crippen LogP contribution in [0, 0.1) is 11.8 Å². The van der Waals surface area contributed by atoms with Gasteiger partial charge >= 0.3 is 0 Å². The van der Waals surface area contributed by atoms with E-state index in [1.807, 2.05) is 0 Å². The first-order valence-corrected chi connectivity index (χ1v) is 6.09. The highest BCUT2D eigenvalue weighted by atomic mass is 127. The number of carbonyl (C=O) groups is 1. The standard InChI is InChI=1S/C10H20INO/c1-7(2)5-9(11)12-10(13)6-8(3)4/h7-9H,5-6H2,1-4H3,(H,12,13)/t9-/m0/s1. The zero-order valence-electron chi connectivity index (χ0n) is 8.93. The molecule has 0 heterocycles. The molecular weight excluding hydrogens is 277 g/mol. The minimum absolute atomic E-state index is 0.176. The second kappa shape index (κ2) is 6.62. The minimum Gasteiger partial charge on any atom is -0.344 e. The van der Waals surface area contributed by atoms with Gasteiger partial charge in [0.1, 0.15) is 0 Å². The largest absolute Gasteiger partial charge is 0.344 e. The molecule has 0 radical (unpaired) electrons. The topological polar surface area (TPSA) is 29.1 Å². The van der Waals surface area contributed by atoms with Crippen LogP contribution < -0.4 is 5.32 Å². The number of carbonyl (C=O) groups excluding carboxylic acids is 1. The number of hydrogen-bond acceptors (Lipinski definition) is 1. The van der Waals surface area contributed by atoms with Crippen LogP contribution in [-0.4, -0.2) is 9.96 Å². The van der Waals surface area contributed by atoms with Crippen LogP contribution in [0.4, 0.5) is 0 Å². The lowest BCUT2D eigenvalue weighted by atomic mass is 10.1. The average Bonchev–Trinajstić information content (AvgIpc) is 1.80. The molecule has 0 aliphatic heterocycles. The molecule has 0 bridgehead atoms. The molecule has 0 rings (SSSR count). The molecule has 0 aliphatic carbocycles. The molecule has 13 heavy (non-hydrogen) atoms. The van der Waals surface area contributed by atoms with Gasteiger partial charge in [-0.15, -0.1) is 0 Å². The molecular formula is C10H20INO. The summed E-state index contributed by atoms with van der Waals surface area (Å²) >= 11 is 2.29. The van der Waals surface area contributed by atoms with Crippen LogP contribution in [0.15, 0.2) is 0 Å². The Morgan fingerprint density at radius 2 is 1.77 bits per heavy atom. The van der Waals surface area contributed by atoms with Gasteiger partial charge in [-0.3, -0.25) is 4.79 Å². The fraction of sp³-hybridized carbons (Fsp3) is 0.900. The lowest BCUT2D eigenvalue weighted by molar-refractivity contribution is -0.121. The predicted molar refractivity (Wildman–Crippen MR) is 64.9 cm³/mol. The minimum atomic E-state index is 0.176. The number of rotatable bonds is 5. The van der Waals surface area contributed by atoms with E-state index < -0.39 is 0 Å². The van der Waals surface area contributed by atoms with E-state index in [0.29, 0.717) is 18.3 Å². The summed E-state index contributed by atoms with van der Waals surface area (Å²) in [5.41, 5.74) is 0. The molecule has 0 saturated heterocycles. The second-order valence-electron chi connectivity index (χ2n) is 4.26. The van der Waals surface area contributed by atoms with E-state index in [1.165, 1.54) is 0 Å². The fourth-order valence-corrected chi connectivity index (χ4v) is 2.44. The van der Waals surface area contributed by atoms with E-state index in [9.17, 15) is 4.79 Å². The fourth-order valence-electron chi connectivity index (χ4n) is 1.08. The highest BCUT2D eigenvalue weighted by molar-refractivity contribution is 14.1. The molecule has 2 nitrogen and oxygen atoms in total. The maximum Gasteiger partial charge on any atom is 0.221 e. The Hall–Kier alpha value is 0.200. The van der Waals surface area contributed by atoms with Crippen LogP contribution in [-0.2, 0) is 4.79 Å². The van der Waals surface area contributed by atoms with Crippen LogP contribution >= 0.6 is 22.6 Å². The zero-order valence-corrected chi connectivity index (χ0v) is 11.1. The number of halogens is 1. The third-order valence-electron chi connectivity index (χ3n) is 1.59. The molecule has 1 amide bonds. The molecule has 0 spiro atoms. The van der Waals surface area contributed by atoms with Gasteiger partial charge in [0.05, 0.1) is 4.05 Å². The Labute approximate surface area is 95.0 Å². The summed E-state index contributed by atoms with van der Waals surface area (Å²) in [5.74, 6) is 1.26. The molecule has 1 N–H and O–H groups in total. The molecule has 0 aromatic carbocycles. The number of alkyl halides is 1. The lowest BCUT2D eigenvalue weighted by Crippen LogP contribution is -2.31. The van der Waals surface area contributed by atoms with Crippen molar-refractivity contribution in [2.24, 2.45) is 11.8 Å². The van der Waals surface area contributed by atoms with Gasteiger partial charge in [-0.05, 0) is 18.3 Å². The van der Waals surface area contributed by atoms with Gasteiger partial charge < -0.3 is 5.32 Å². The van der Waals surface area contributed by atoms with Crippen molar-refractivity contribution in [3.05, 3.63) is 0 Å². The first kappa shape index (κ1) is 13.2. The van der Waals surface area contributed by atoms with E-state index in [4.69, 9.17) is 0 Å². The molecule has 0 unspecified atom stereocenters. The predicted octanol–water partition coefficient (Wildman–Crippen LogP) is 2.96. The van der Waals surface area contributed by atoms with Crippen molar-refractivity contribution in [3.63, 3.8) is 0 Å². The van der Waals surface area contributed by atoms with Gasteiger partial charge in [-0.2, -0.15) is 0 Å². The number of amides is 1. The second-order valence-corrected chi connectivity index (χ2v) is 5.77. The molecule has 0 saturated carbocycles. The summed E-state index contributed by atoms with van der Waals surface area (Å²) in [6.07, 6.45) is 1.68. The van der Waals surface area contributed by atoms with E-state index in [-0.39, 0.29) is 9.96 Å². The molecule has 0 aromatic rings. The maximum atomic E-state index is 11.3. The summed E-state index contributed by atoms with van der Waals surface area (Å²) in [6, 6.07) is 0. The quantitative estimate of drug-likeness (QED) is 0.472. The maximum absolute atomic E-state index is 11.3. The van der Waals surface area contributed by atoms with Crippen molar-refractivity contribution in [2.45, 2.75) is 44.6 Å². The summed E-state index contributed by atoms with van der Waals surface area (Å²) in [6.45, 7) is 8.45. The third kappa shape index (κ3) is 8.53. The Kier molecular flexibility index (Phi) is 6.73. The smallest absolute Gasteiger partial charge is 0.221 e.